The summed E-state index contributed by atoms with van der Waals surface area (Å²) in [6.45, 7) is 4.03. The summed E-state index contributed by atoms with van der Waals surface area (Å²) in [5.41, 5.74) is 1.30. The minimum atomic E-state index is 0.331. The van der Waals surface area contributed by atoms with Crippen molar-refractivity contribution in [2.75, 3.05) is 26.3 Å². The van der Waals surface area contributed by atoms with Crippen molar-refractivity contribution in [3.63, 3.8) is 0 Å². The Hall–Kier alpha value is -1.50. The third-order valence-electron chi connectivity index (χ3n) is 3.81. The lowest BCUT2D eigenvalue weighted by Crippen LogP contribution is -2.34. The maximum atomic E-state index is 9.14. The van der Waals surface area contributed by atoms with Crippen molar-refractivity contribution < 1.29 is 9.84 Å². The molecule has 108 valence electrons. The van der Waals surface area contributed by atoms with E-state index in [1.807, 2.05) is 12.1 Å². The van der Waals surface area contributed by atoms with Gasteiger partial charge >= 0.3 is 0 Å². The van der Waals surface area contributed by atoms with Crippen LogP contribution in [0.15, 0.2) is 24.3 Å². The molecule has 0 unspecified atom stereocenters. The first-order valence-electron chi connectivity index (χ1n) is 7.30. The van der Waals surface area contributed by atoms with Gasteiger partial charge in [0.1, 0.15) is 5.75 Å². The first-order valence-corrected chi connectivity index (χ1v) is 7.30. The molecule has 1 N–H and O–H groups in total. The molecule has 3 nitrogen and oxygen atoms in total. The zero-order chi connectivity index (χ0) is 14.2. The molecule has 1 aromatic carbocycles. The topological polar surface area (TPSA) is 32.7 Å². The van der Waals surface area contributed by atoms with Gasteiger partial charge in [0.2, 0.25) is 0 Å². The highest BCUT2D eigenvalue weighted by molar-refractivity contribution is 5.27. The third-order valence-corrected chi connectivity index (χ3v) is 3.81. The normalized spacial score (nSPS) is 16.8. The second-order valence-corrected chi connectivity index (χ2v) is 5.35. The molecule has 0 aliphatic carbocycles. The molecule has 0 amide bonds. The van der Waals surface area contributed by atoms with Gasteiger partial charge in [0.25, 0.3) is 0 Å². The van der Waals surface area contributed by atoms with E-state index in [2.05, 4.69) is 23.0 Å². The van der Waals surface area contributed by atoms with Crippen molar-refractivity contribution >= 4 is 0 Å². The average Bonchev–Trinajstić information content (AvgIpc) is 2.50. The van der Waals surface area contributed by atoms with Crippen LogP contribution in [0.1, 0.15) is 24.8 Å². The highest BCUT2D eigenvalue weighted by atomic mass is 16.5. The van der Waals surface area contributed by atoms with Crippen molar-refractivity contribution in [3.05, 3.63) is 29.8 Å². The number of piperidine rings is 1. The molecule has 0 spiro atoms. The maximum Gasteiger partial charge on any atom is 0.119 e. The zero-order valence-corrected chi connectivity index (χ0v) is 11.9. The fourth-order valence-corrected chi connectivity index (χ4v) is 2.50. The molecule has 2 rings (SSSR count). The van der Waals surface area contributed by atoms with Crippen LogP contribution in [0.2, 0.25) is 0 Å². The van der Waals surface area contributed by atoms with Crippen molar-refractivity contribution in [3.8, 4) is 18.1 Å². The Morgan fingerprint density at radius 3 is 2.55 bits per heavy atom. The van der Waals surface area contributed by atoms with Crippen molar-refractivity contribution in [1.29, 1.82) is 0 Å². The van der Waals surface area contributed by atoms with Gasteiger partial charge in [-0.25, -0.2) is 0 Å². The van der Waals surface area contributed by atoms with Crippen LogP contribution in [0.5, 0.6) is 5.75 Å². The summed E-state index contributed by atoms with van der Waals surface area (Å²) in [6.07, 6.45) is 8.03. The number of hydrogen-bond acceptors (Lipinski definition) is 3. The highest BCUT2D eigenvalue weighted by Crippen LogP contribution is 2.19. The Kier molecular flexibility index (Phi) is 5.91. The third kappa shape index (κ3) is 4.56. The van der Waals surface area contributed by atoms with Crippen LogP contribution in [0.4, 0.5) is 0 Å². The summed E-state index contributed by atoms with van der Waals surface area (Å²) in [4.78, 5) is 2.44. The van der Waals surface area contributed by atoms with E-state index in [0.717, 1.165) is 38.2 Å². The van der Waals surface area contributed by atoms with Crippen LogP contribution in [0.3, 0.4) is 0 Å². The summed E-state index contributed by atoms with van der Waals surface area (Å²) in [7, 11) is 0. The molecule has 0 aromatic heterocycles. The summed E-state index contributed by atoms with van der Waals surface area (Å²) < 4.78 is 5.54. The molecule has 3 heteroatoms. The molecule has 1 aliphatic heterocycles. The average molecular weight is 273 g/mol. The van der Waals surface area contributed by atoms with E-state index in [0.29, 0.717) is 25.6 Å². The van der Waals surface area contributed by atoms with Gasteiger partial charge in [-0.1, -0.05) is 12.1 Å². The van der Waals surface area contributed by atoms with Crippen LogP contribution in [-0.4, -0.2) is 36.3 Å². The van der Waals surface area contributed by atoms with E-state index in [1.165, 1.54) is 5.56 Å². The largest absolute Gasteiger partial charge is 0.493 e. The van der Waals surface area contributed by atoms with E-state index < -0.39 is 0 Å². The fraction of sp³-hybridized carbons (Fsp3) is 0.529. The van der Waals surface area contributed by atoms with Gasteiger partial charge in [-0.3, -0.25) is 4.90 Å². The second-order valence-electron chi connectivity index (χ2n) is 5.35. The van der Waals surface area contributed by atoms with Crippen molar-refractivity contribution in [2.45, 2.75) is 25.8 Å². The Balaban J connectivity index is 1.78. The standard InChI is InChI=1S/C17H23NO2/c1-2-3-12-20-17-6-4-15(5-7-17)13-18-10-8-16(14-19)9-11-18/h1,4-7,16,19H,3,8-14H2. The Labute approximate surface area is 121 Å². The van der Waals surface area contributed by atoms with Gasteiger partial charge in [0.15, 0.2) is 0 Å². The molecule has 0 bridgehead atoms. The Morgan fingerprint density at radius 1 is 1.25 bits per heavy atom. The van der Waals surface area contributed by atoms with Crippen molar-refractivity contribution in [2.24, 2.45) is 5.92 Å². The van der Waals surface area contributed by atoms with E-state index in [1.54, 1.807) is 0 Å². The minimum Gasteiger partial charge on any atom is -0.493 e. The SMILES string of the molecule is C#CCCOc1ccc(CN2CCC(CO)CC2)cc1. The van der Waals surface area contributed by atoms with E-state index >= 15 is 0 Å². The lowest BCUT2D eigenvalue weighted by Gasteiger charge is -2.31. The Morgan fingerprint density at radius 2 is 1.95 bits per heavy atom. The van der Waals surface area contributed by atoms with Gasteiger partial charge < -0.3 is 9.84 Å². The number of ether oxygens (including phenoxy) is 1. The maximum absolute atomic E-state index is 9.14. The smallest absolute Gasteiger partial charge is 0.119 e. The summed E-state index contributed by atoms with van der Waals surface area (Å²) in [5, 5.41) is 9.14. The van der Waals surface area contributed by atoms with E-state index in [-0.39, 0.29) is 0 Å². The molecule has 0 radical (unpaired) electrons. The van der Waals surface area contributed by atoms with Crippen LogP contribution in [0.25, 0.3) is 0 Å². The predicted molar refractivity (Wildman–Crippen MR) is 80.5 cm³/mol. The first-order chi connectivity index (χ1) is 9.81. The van der Waals surface area contributed by atoms with Crippen molar-refractivity contribution in [1.82, 2.24) is 4.90 Å². The van der Waals surface area contributed by atoms with Gasteiger partial charge in [-0.2, -0.15) is 0 Å². The van der Waals surface area contributed by atoms with Crippen LogP contribution >= 0.6 is 0 Å². The van der Waals surface area contributed by atoms with Gasteiger partial charge in [-0.15, -0.1) is 12.3 Å². The molecule has 1 aliphatic rings. The number of terminal acetylenes is 1. The molecule has 0 atom stereocenters. The molecule has 1 saturated heterocycles. The number of hydrogen-bond donors (Lipinski definition) is 1. The monoisotopic (exact) mass is 273 g/mol. The van der Waals surface area contributed by atoms with Gasteiger partial charge in [0.05, 0.1) is 6.61 Å². The number of benzene rings is 1. The number of nitrogens with zero attached hydrogens (tertiary/aromatic N) is 1. The lowest BCUT2D eigenvalue weighted by molar-refractivity contribution is 0.127. The highest BCUT2D eigenvalue weighted by Gasteiger charge is 2.18. The van der Waals surface area contributed by atoms with Gasteiger partial charge in [-0.05, 0) is 49.5 Å². The van der Waals surface area contributed by atoms with Gasteiger partial charge in [0, 0.05) is 19.6 Å². The molecule has 1 fully saturated rings. The number of aliphatic hydroxyl groups excluding tert-OH is 1. The zero-order valence-electron chi connectivity index (χ0n) is 11.9. The summed E-state index contributed by atoms with van der Waals surface area (Å²) >= 11 is 0. The molecule has 0 saturated carbocycles. The fourth-order valence-electron chi connectivity index (χ4n) is 2.50. The summed E-state index contributed by atoms with van der Waals surface area (Å²) in [6, 6.07) is 8.24. The van der Waals surface area contributed by atoms with E-state index in [4.69, 9.17) is 16.3 Å². The molecular formula is C17H23NO2. The molecule has 1 aromatic rings. The number of aliphatic hydroxyl groups is 1. The quantitative estimate of drug-likeness (QED) is 0.637. The Bertz CT molecular complexity index is 427. The lowest BCUT2D eigenvalue weighted by atomic mass is 9.97. The summed E-state index contributed by atoms with van der Waals surface area (Å²) in [5.74, 6) is 3.94. The van der Waals surface area contributed by atoms with E-state index in [9.17, 15) is 0 Å². The number of rotatable bonds is 6. The molecular weight excluding hydrogens is 250 g/mol. The number of likely N-dealkylation sites (tertiary alicyclic amines) is 1. The first kappa shape index (κ1) is 14.9. The van der Waals surface area contributed by atoms with Crippen LogP contribution in [0, 0.1) is 18.3 Å². The minimum absolute atomic E-state index is 0.331. The molecule has 1 heterocycles. The van der Waals surface area contributed by atoms with Crippen LogP contribution < -0.4 is 4.74 Å². The second kappa shape index (κ2) is 7.94. The predicted octanol–water partition coefficient (Wildman–Crippen LogP) is 2.29. The van der Waals surface area contributed by atoms with Crippen LogP contribution in [-0.2, 0) is 6.54 Å². The molecule has 20 heavy (non-hydrogen) atoms.